The molecule has 0 aromatic heterocycles. The van der Waals surface area contributed by atoms with Gasteiger partial charge in [-0.25, -0.2) is 8.42 Å². The van der Waals surface area contributed by atoms with Crippen molar-refractivity contribution in [3.8, 4) is 5.75 Å². The molecule has 5 nitrogen and oxygen atoms in total. The van der Waals surface area contributed by atoms with Crippen LogP contribution >= 0.6 is 0 Å². The predicted octanol–water partition coefficient (Wildman–Crippen LogP) is 3.30. The average Bonchev–Trinajstić information content (AvgIpc) is 2.62. The summed E-state index contributed by atoms with van der Waals surface area (Å²) in [6, 6.07) is 13.2. The van der Waals surface area contributed by atoms with Gasteiger partial charge in [-0.2, -0.15) is 0 Å². The summed E-state index contributed by atoms with van der Waals surface area (Å²) in [6.07, 6.45) is 3.06. The summed E-state index contributed by atoms with van der Waals surface area (Å²) in [7, 11) is -0.479. The molecule has 1 aliphatic rings. The molecule has 1 heterocycles. The van der Waals surface area contributed by atoms with Crippen LogP contribution in [0.2, 0.25) is 0 Å². The Labute approximate surface area is 147 Å². The Bertz CT molecular complexity index is 885. The first-order valence-corrected chi connectivity index (χ1v) is 9.27. The molecule has 25 heavy (non-hydrogen) atoms. The zero-order valence-electron chi connectivity index (χ0n) is 14.3. The minimum absolute atomic E-state index is 0.226. The van der Waals surface area contributed by atoms with Crippen LogP contribution < -0.4 is 4.74 Å². The Morgan fingerprint density at radius 3 is 2.32 bits per heavy atom. The molecule has 0 spiro atoms. The Kier molecular flexibility index (Phi) is 4.69. The Morgan fingerprint density at radius 2 is 1.68 bits per heavy atom. The standard InChI is InChI=1S/C19H20O5S/c1-19(18(22-2)23-3)12-11-14-13-16(9-10-17(14)24-19)25(20,21)15-7-5-4-6-8-15/h4-13,18H,1-3H3. The van der Waals surface area contributed by atoms with Gasteiger partial charge >= 0.3 is 0 Å². The third-order valence-electron chi connectivity index (χ3n) is 4.16. The molecule has 0 aliphatic carbocycles. The van der Waals surface area contributed by atoms with Gasteiger partial charge in [0.2, 0.25) is 16.1 Å². The van der Waals surface area contributed by atoms with E-state index in [2.05, 4.69) is 0 Å². The zero-order valence-corrected chi connectivity index (χ0v) is 15.1. The maximum atomic E-state index is 12.7. The van der Waals surface area contributed by atoms with Crippen LogP contribution in [0.4, 0.5) is 0 Å². The molecule has 2 aromatic rings. The molecule has 2 aromatic carbocycles. The lowest BCUT2D eigenvalue weighted by Crippen LogP contribution is -2.46. The zero-order chi connectivity index (χ0) is 18.1. The molecule has 3 rings (SSSR count). The highest BCUT2D eigenvalue weighted by molar-refractivity contribution is 7.91. The molecule has 1 aliphatic heterocycles. The van der Waals surface area contributed by atoms with Gasteiger partial charge in [-0.05, 0) is 43.3 Å². The van der Waals surface area contributed by atoms with Crippen molar-refractivity contribution in [3.05, 3.63) is 60.2 Å². The molecule has 0 saturated heterocycles. The van der Waals surface area contributed by atoms with E-state index in [0.29, 0.717) is 11.3 Å². The summed E-state index contributed by atoms with van der Waals surface area (Å²) in [5.74, 6) is 0.580. The maximum absolute atomic E-state index is 12.7. The number of hydrogen-bond acceptors (Lipinski definition) is 5. The monoisotopic (exact) mass is 360 g/mol. The van der Waals surface area contributed by atoms with Gasteiger partial charge < -0.3 is 14.2 Å². The molecule has 0 amide bonds. The molecule has 1 atom stereocenters. The van der Waals surface area contributed by atoms with E-state index in [1.165, 1.54) is 0 Å². The van der Waals surface area contributed by atoms with E-state index in [9.17, 15) is 8.42 Å². The number of sulfone groups is 1. The van der Waals surface area contributed by atoms with E-state index in [-0.39, 0.29) is 9.79 Å². The van der Waals surface area contributed by atoms with Crippen molar-refractivity contribution < 1.29 is 22.6 Å². The summed E-state index contributed by atoms with van der Waals surface area (Å²) in [4.78, 5) is 0.490. The number of hydrogen-bond donors (Lipinski definition) is 0. The van der Waals surface area contributed by atoms with Crippen LogP contribution in [0.3, 0.4) is 0 Å². The maximum Gasteiger partial charge on any atom is 0.206 e. The van der Waals surface area contributed by atoms with Gasteiger partial charge in [0, 0.05) is 19.8 Å². The lowest BCUT2D eigenvalue weighted by molar-refractivity contribution is -0.180. The van der Waals surface area contributed by atoms with Gasteiger partial charge in [0.1, 0.15) is 5.75 Å². The minimum Gasteiger partial charge on any atom is -0.478 e. The van der Waals surface area contributed by atoms with Crippen molar-refractivity contribution in [2.45, 2.75) is 28.6 Å². The first kappa shape index (κ1) is 17.7. The summed E-state index contributed by atoms with van der Waals surface area (Å²) >= 11 is 0. The third-order valence-corrected chi connectivity index (χ3v) is 5.93. The molecule has 0 bridgehead atoms. The quantitative estimate of drug-likeness (QED) is 0.766. The van der Waals surface area contributed by atoms with Crippen molar-refractivity contribution in [3.63, 3.8) is 0 Å². The molecule has 0 saturated carbocycles. The summed E-state index contributed by atoms with van der Waals surface area (Å²) in [6.45, 7) is 1.85. The van der Waals surface area contributed by atoms with Crippen LogP contribution in [0.5, 0.6) is 5.75 Å². The first-order valence-electron chi connectivity index (χ1n) is 7.79. The van der Waals surface area contributed by atoms with Gasteiger partial charge in [0.05, 0.1) is 9.79 Å². The molecular weight excluding hydrogens is 340 g/mol. The van der Waals surface area contributed by atoms with Crippen LogP contribution in [0.25, 0.3) is 6.08 Å². The third kappa shape index (κ3) is 3.20. The summed E-state index contributed by atoms with van der Waals surface area (Å²) in [5.41, 5.74) is -0.100. The highest BCUT2D eigenvalue weighted by Gasteiger charge is 2.37. The fraction of sp³-hybridized carbons (Fsp3) is 0.263. The number of benzene rings is 2. The second-order valence-corrected chi connectivity index (χ2v) is 7.89. The number of methoxy groups -OCH3 is 2. The van der Waals surface area contributed by atoms with E-state index in [1.807, 2.05) is 19.1 Å². The van der Waals surface area contributed by atoms with Gasteiger partial charge in [-0.15, -0.1) is 0 Å². The lowest BCUT2D eigenvalue weighted by atomic mass is 9.99. The second kappa shape index (κ2) is 6.63. The SMILES string of the molecule is COC(OC)C1(C)C=Cc2cc(S(=O)(=O)c3ccccc3)ccc2O1. The predicted molar refractivity (Wildman–Crippen MR) is 94.2 cm³/mol. The van der Waals surface area contributed by atoms with Crippen LogP contribution in [0.1, 0.15) is 12.5 Å². The smallest absolute Gasteiger partial charge is 0.206 e. The molecular formula is C19H20O5S. The van der Waals surface area contributed by atoms with Crippen molar-refractivity contribution in [2.24, 2.45) is 0 Å². The highest BCUT2D eigenvalue weighted by Crippen LogP contribution is 2.36. The Hall–Kier alpha value is -2.15. The lowest BCUT2D eigenvalue weighted by Gasteiger charge is -2.36. The molecule has 132 valence electrons. The van der Waals surface area contributed by atoms with E-state index in [0.717, 1.165) is 0 Å². The van der Waals surface area contributed by atoms with Gasteiger partial charge in [-0.3, -0.25) is 0 Å². The van der Waals surface area contributed by atoms with Crippen molar-refractivity contribution in [1.29, 1.82) is 0 Å². The normalized spacial score (nSPS) is 19.5. The van der Waals surface area contributed by atoms with Crippen LogP contribution in [-0.2, 0) is 19.3 Å². The number of rotatable bonds is 5. The van der Waals surface area contributed by atoms with Crippen molar-refractivity contribution in [1.82, 2.24) is 0 Å². The topological polar surface area (TPSA) is 61.8 Å². The van der Waals surface area contributed by atoms with E-state index >= 15 is 0 Å². The van der Waals surface area contributed by atoms with Gasteiger partial charge in [0.25, 0.3) is 0 Å². The van der Waals surface area contributed by atoms with E-state index in [1.54, 1.807) is 62.8 Å². The van der Waals surface area contributed by atoms with E-state index in [4.69, 9.17) is 14.2 Å². The Balaban J connectivity index is 1.97. The van der Waals surface area contributed by atoms with Gasteiger partial charge in [-0.1, -0.05) is 24.3 Å². The first-order chi connectivity index (χ1) is 11.9. The van der Waals surface area contributed by atoms with Crippen molar-refractivity contribution in [2.75, 3.05) is 14.2 Å². The fourth-order valence-corrected chi connectivity index (χ4v) is 4.19. The molecule has 6 heteroatoms. The molecule has 0 fully saturated rings. The van der Waals surface area contributed by atoms with Crippen molar-refractivity contribution >= 4 is 15.9 Å². The Morgan fingerprint density at radius 1 is 1.00 bits per heavy atom. The second-order valence-electron chi connectivity index (χ2n) is 5.94. The van der Waals surface area contributed by atoms with Crippen LogP contribution in [-0.4, -0.2) is 34.5 Å². The molecule has 1 unspecified atom stereocenters. The highest BCUT2D eigenvalue weighted by atomic mass is 32.2. The molecule has 0 N–H and O–H groups in total. The summed E-state index contributed by atoms with van der Waals surface area (Å²) < 4.78 is 42.1. The minimum atomic E-state index is -3.57. The van der Waals surface area contributed by atoms with Crippen LogP contribution in [0, 0.1) is 0 Å². The average molecular weight is 360 g/mol. The van der Waals surface area contributed by atoms with Crippen LogP contribution in [0.15, 0.2) is 64.4 Å². The fourth-order valence-electron chi connectivity index (χ4n) is 2.87. The largest absolute Gasteiger partial charge is 0.478 e. The number of ether oxygens (including phenoxy) is 3. The van der Waals surface area contributed by atoms with E-state index < -0.39 is 21.7 Å². The van der Waals surface area contributed by atoms with Gasteiger partial charge in [0.15, 0.2) is 5.60 Å². The number of fused-ring (bicyclic) bond motifs is 1. The molecule has 0 radical (unpaired) electrons. The summed E-state index contributed by atoms with van der Waals surface area (Å²) in [5, 5.41) is 0.